The predicted octanol–water partition coefficient (Wildman–Crippen LogP) is 0.261. The van der Waals surface area contributed by atoms with Crippen LogP contribution in [0.5, 0.6) is 0 Å². The summed E-state index contributed by atoms with van der Waals surface area (Å²) in [6, 6.07) is 0.511. The first-order chi connectivity index (χ1) is 7.88. The lowest BCUT2D eigenvalue weighted by Crippen LogP contribution is -2.45. The molecule has 1 aliphatic carbocycles. The molecule has 1 aromatic rings. The highest BCUT2D eigenvalue weighted by molar-refractivity contribution is 5.79. The van der Waals surface area contributed by atoms with Crippen molar-refractivity contribution in [3.8, 4) is 0 Å². The lowest BCUT2D eigenvalue weighted by molar-refractivity contribution is 0.614. The van der Waals surface area contributed by atoms with Gasteiger partial charge in [-0.05, 0) is 12.8 Å². The molecule has 0 radical (unpaired) electrons. The van der Waals surface area contributed by atoms with E-state index >= 15 is 0 Å². The van der Waals surface area contributed by atoms with Crippen LogP contribution in [-0.2, 0) is 6.54 Å². The summed E-state index contributed by atoms with van der Waals surface area (Å²) in [5.74, 6) is 6.08. The number of hydrazine groups is 1. The third-order valence-electron chi connectivity index (χ3n) is 2.80. The van der Waals surface area contributed by atoms with Gasteiger partial charge in [0.15, 0.2) is 0 Å². The van der Waals surface area contributed by atoms with Crippen LogP contribution in [-0.4, -0.2) is 22.0 Å². The van der Waals surface area contributed by atoms with Crippen LogP contribution < -0.4 is 16.6 Å². The van der Waals surface area contributed by atoms with E-state index in [4.69, 9.17) is 5.84 Å². The quantitative estimate of drug-likeness (QED) is 0.255. The molecule has 0 saturated heterocycles. The average Bonchev–Trinajstić information content (AvgIpc) is 2.97. The molecule has 2 rings (SSSR count). The average molecular weight is 222 g/mol. The second-order valence-corrected chi connectivity index (χ2v) is 4.01. The molecule has 0 bridgehead atoms. The van der Waals surface area contributed by atoms with Gasteiger partial charge in [-0.2, -0.15) is 0 Å². The van der Waals surface area contributed by atoms with Crippen molar-refractivity contribution >= 4 is 5.96 Å². The molecule has 0 aromatic carbocycles. The topological polar surface area (TPSA) is 91.1 Å². The van der Waals surface area contributed by atoms with E-state index in [1.54, 1.807) is 12.5 Å². The van der Waals surface area contributed by atoms with Crippen molar-refractivity contribution in [1.82, 2.24) is 20.7 Å². The summed E-state index contributed by atoms with van der Waals surface area (Å²) in [5, 5.41) is 3.31. The van der Waals surface area contributed by atoms with Crippen LogP contribution in [0.1, 0.15) is 31.4 Å². The largest absolute Gasteiger partial charge is 0.353 e. The molecular weight excluding hydrogens is 204 g/mol. The summed E-state index contributed by atoms with van der Waals surface area (Å²) in [6.45, 7) is 0.555. The highest BCUT2D eigenvalue weighted by Crippen LogP contribution is 2.17. The molecule has 88 valence electrons. The van der Waals surface area contributed by atoms with Crippen LogP contribution in [0.15, 0.2) is 17.5 Å². The minimum absolute atomic E-state index is 0.511. The van der Waals surface area contributed by atoms with Gasteiger partial charge in [0.1, 0.15) is 0 Å². The number of aromatic amines is 1. The van der Waals surface area contributed by atoms with Gasteiger partial charge < -0.3 is 10.3 Å². The van der Waals surface area contributed by atoms with E-state index in [2.05, 4.69) is 25.7 Å². The van der Waals surface area contributed by atoms with E-state index in [1.807, 2.05) is 0 Å². The van der Waals surface area contributed by atoms with E-state index in [-0.39, 0.29) is 0 Å². The van der Waals surface area contributed by atoms with E-state index in [1.165, 1.54) is 25.7 Å². The SMILES string of the molecule is NNC(=NCc1cnc[nH]1)NC1CCCC1. The first-order valence-electron chi connectivity index (χ1n) is 5.63. The number of aliphatic imine (C=N–C) groups is 1. The zero-order chi connectivity index (χ0) is 11.2. The molecule has 0 spiro atoms. The van der Waals surface area contributed by atoms with Gasteiger partial charge in [0.2, 0.25) is 5.96 Å². The monoisotopic (exact) mass is 222 g/mol. The van der Waals surface area contributed by atoms with Gasteiger partial charge in [-0.15, -0.1) is 0 Å². The molecule has 1 heterocycles. The Kier molecular flexibility index (Phi) is 3.76. The highest BCUT2D eigenvalue weighted by atomic mass is 15.3. The van der Waals surface area contributed by atoms with Crippen molar-refractivity contribution in [1.29, 1.82) is 0 Å². The number of imidazole rings is 1. The third-order valence-corrected chi connectivity index (χ3v) is 2.80. The van der Waals surface area contributed by atoms with E-state index in [9.17, 15) is 0 Å². The van der Waals surface area contributed by atoms with E-state index in [0.29, 0.717) is 18.5 Å². The Morgan fingerprint density at radius 2 is 2.38 bits per heavy atom. The minimum atomic E-state index is 0.511. The molecule has 1 aromatic heterocycles. The lowest BCUT2D eigenvalue weighted by atomic mass is 10.2. The van der Waals surface area contributed by atoms with Gasteiger partial charge in [-0.3, -0.25) is 5.43 Å². The molecular formula is C10H18N6. The number of nitrogens with zero attached hydrogens (tertiary/aromatic N) is 2. The molecule has 6 heteroatoms. The van der Waals surface area contributed by atoms with Crippen LogP contribution in [0.4, 0.5) is 0 Å². The van der Waals surface area contributed by atoms with Crippen LogP contribution >= 0.6 is 0 Å². The predicted molar refractivity (Wildman–Crippen MR) is 62.4 cm³/mol. The molecule has 0 atom stereocenters. The standard InChI is InChI=1S/C10H18N6/c11-16-10(15-8-3-1-2-4-8)13-6-9-5-12-7-14-9/h5,7-8H,1-4,6,11H2,(H,12,14)(H2,13,15,16). The fourth-order valence-electron chi connectivity index (χ4n) is 1.93. The maximum absolute atomic E-state index is 5.42. The first-order valence-corrected chi connectivity index (χ1v) is 5.63. The zero-order valence-corrected chi connectivity index (χ0v) is 9.24. The van der Waals surface area contributed by atoms with Crippen molar-refractivity contribution < 1.29 is 0 Å². The molecule has 0 unspecified atom stereocenters. The molecule has 5 N–H and O–H groups in total. The Morgan fingerprint density at radius 3 is 3.00 bits per heavy atom. The molecule has 1 saturated carbocycles. The third kappa shape index (κ3) is 2.96. The van der Waals surface area contributed by atoms with E-state index < -0.39 is 0 Å². The summed E-state index contributed by atoms with van der Waals surface area (Å²) in [4.78, 5) is 11.3. The summed E-state index contributed by atoms with van der Waals surface area (Å²) < 4.78 is 0. The van der Waals surface area contributed by atoms with Crippen molar-refractivity contribution in [2.45, 2.75) is 38.3 Å². The number of nitrogens with one attached hydrogen (secondary N) is 3. The maximum atomic E-state index is 5.42. The number of nitrogens with two attached hydrogens (primary N) is 1. The van der Waals surface area contributed by atoms with Gasteiger partial charge >= 0.3 is 0 Å². The summed E-state index contributed by atoms with van der Waals surface area (Å²) in [7, 11) is 0. The zero-order valence-electron chi connectivity index (χ0n) is 9.24. The van der Waals surface area contributed by atoms with Crippen molar-refractivity contribution in [3.63, 3.8) is 0 Å². The summed E-state index contributed by atoms with van der Waals surface area (Å²) >= 11 is 0. The molecule has 16 heavy (non-hydrogen) atoms. The van der Waals surface area contributed by atoms with Gasteiger partial charge in [0.05, 0.1) is 18.6 Å². The molecule has 0 amide bonds. The fraction of sp³-hybridized carbons (Fsp3) is 0.600. The van der Waals surface area contributed by atoms with Crippen molar-refractivity contribution in [3.05, 3.63) is 18.2 Å². The number of aromatic nitrogens is 2. The molecule has 0 aliphatic heterocycles. The molecule has 1 aliphatic rings. The first kappa shape index (κ1) is 10.9. The van der Waals surface area contributed by atoms with Gasteiger partial charge in [0, 0.05) is 12.2 Å². The second-order valence-electron chi connectivity index (χ2n) is 4.01. The Labute approximate surface area is 94.7 Å². The van der Waals surface area contributed by atoms with Gasteiger partial charge in [-0.25, -0.2) is 15.8 Å². The number of H-pyrrole nitrogens is 1. The van der Waals surface area contributed by atoms with Crippen LogP contribution in [0.2, 0.25) is 0 Å². The van der Waals surface area contributed by atoms with Gasteiger partial charge in [-0.1, -0.05) is 12.8 Å². The van der Waals surface area contributed by atoms with Crippen molar-refractivity contribution in [2.75, 3.05) is 0 Å². The number of hydrogen-bond acceptors (Lipinski definition) is 3. The Hall–Kier alpha value is -1.56. The number of hydrogen-bond donors (Lipinski definition) is 4. The summed E-state index contributed by atoms with van der Waals surface area (Å²) in [6.07, 6.45) is 8.37. The molecule has 6 nitrogen and oxygen atoms in total. The lowest BCUT2D eigenvalue weighted by Gasteiger charge is -2.14. The minimum Gasteiger partial charge on any atom is -0.353 e. The number of guanidine groups is 1. The Balaban J connectivity index is 1.85. The summed E-state index contributed by atoms with van der Waals surface area (Å²) in [5.41, 5.74) is 3.57. The Bertz CT molecular complexity index is 325. The highest BCUT2D eigenvalue weighted by Gasteiger charge is 2.15. The normalized spacial score (nSPS) is 17.7. The van der Waals surface area contributed by atoms with Gasteiger partial charge in [0.25, 0.3) is 0 Å². The van der Waals surface area contributed by atoms with Crippen LogP contribution in [0.3, 0.4) is 0 Å². The second kappa shape index (κ2) is 5.50. The van der Waals surface area contributed by atoms with Crippen LogP contribution in [0.25, 0.3) is 0 Å². The maximum Gasteiger partial charge on any atom is 0.206 e. The Morgan fingerprint density at radius 1 is 1.56 bits per heavy atom. The van der Waals surface area contributed by atoms with Crippen molar-refractivity contribution in [2.24, 2.45) is 10.8 Å². The van der Waals surface area contributed by atoms with Crippen LogP contribution in [0, 0.1) is 0 Å². The fourth-order valence-corrected chi connectivity index (χ4v) is 1.93. The number of rotatable bonds is 3. The molecule has 1 fully saturated rings. The van der Waals surface area contributed by atoms with E-state index in [0.717, 1.165) is 5.69 Å². The smallest absolute Gasteiger partial charge is 0.206 e.